The van der Waals surface area contributed by atoms with Crippen LogP contribution in [0.3, 0.4) is 0 Å². The van der Waals surface area contributed by atoms with Gasteiger partial charge in [0.05, 0.1) is 12.4 Å². The van der Waals surface area contributed by atoms with E-state index in [2.05, 4.69) is 9.62 Å². The Morgan fingerprint density at radius 1 is 1.13 bits per heavy atom. The molecule has 0 radical (unpaired) electrons. The van der Waals surface area contributed by atoms with Gasteiger partial charge < -0.3 is 9.64 Å². The van der Waals surface area contributed by atoms with Crippen molar-refractivity contribution in [3.05, 3.63) is 48.0 Å². The fourth-order valence-electron chi connectivity index (χ4n) is 2.85. The summed E-state index contributed by atoms with van der Waals surface area (Å²) >= 11 is 0. The van der Waals surface area contributed by atoms with Gasteiger partial charge in [-0.3, -0.25) is 0 Å². The van der Waals surface area contributed by atoms with Crippen molar-refractivity contribution in [2.24, 2.45) is 0 Å². The molecule has 2 aliphatic rings. The number of nitrogens with zero attached hydrogens (tertiary/aromatic N) is 1. The third-order valence-electron chi connectivity index (χ3n) is 4.17. The monoisotopic (exact) mass is 330 g/mol. The SMILES string of the molecule is Cc1cccc(Oc2ccc3c(c2)S(=O)(=O)NCN3C2CC2)c1. The summed E-state index contributed by atoms with van der Waals surface area (Å²) in [7, 11) is -3.48. The lowest BCUT2D eigenvalue weighted by atomic mass is 10.2. The van der Waals surface area contributed by atoms with Gasteiger partial charge in [-0.05, 0) is 49.6 Å². The average Bonchev–Trinajstić information content (AvgIpc) is 3.33. The Morgan fingerprint density at radius 3 is 2.65 bits per heavy atom. The van der Waals surface area contributed by atoms with Gasteiger partial charge in [0.2, 0.25) is 10.0 Å². The number of hydrogen-bond acceptors (Lipinski definition) is 4. The van der Waals surface area contributed by atoms with Crippen LogP contribution >= 0.6 is 0 Å². The topological polar surface area (TPSA) is 58.6 Å². The molecule has 1 N–H and O–H groups in total. The third kappa shape index (κ3) is 2.80. The molecule has 0 bridgehead atoms. The minimum Gasteiger partial charge on any atom is -0.457 e. The van der Waals surface area contributed by atoms with Gasteiger partial charge in [-0.2, -0.15) is 4.72 Å². The van der Waals surface area contributed by atoms with Crippen molar-refractivity contribution >= 4 is 15.7 Å². The van der Waals surface area contributed by atoms with Gasteiger partial charge >= 0.3 is 0 Å². The van der Waals surface area contributed by atoms with Crippen LogP contribution in [-0.4, -0.2) is 21.1 Å². The third-order valence-corrected chi connectivity index (χ3v) is 5.58. The Balaban J connectivity index is 1.71. The number of hydrogen-bond donors (Lipinski definition) is 1. The lowest BCUT2D eigenvalue weighted by Crippen LogP contribution is -2.44. The normalized spacial score (nSPS) is 19.3. The second kappa shape index (κ2) is 5.25. The molecular weight excluding hydrogens is 312 g/mol. The maximum absolute atomic E-state index is 12.3. The van der Waals surface area contributed by atoms with Crippen LogP contribution in [0.5, 0.6) is 11.5 Å². The summed E-state index contributed by atoms with van der Waals surface area (Å²) in [6, 6.07) is 13.4. The number of fused-ring (bicyclic) bond motifs is 1. The number of aryl methyl sites for hydroxylation is 1. The van der Waals surface area contributed by atoms with Crippen molar-refractivity contribution in [3.8, 4) is 11.5 Å². The summed E-state index contributed by atoms with van der Waals surface area (Å²) in [5, 5.41) is 0. The molecule has 1 fully saturated rings. The summed E-state index contributed by atoms with van der Waals surface area (Å²) in [5.74, 6) is 1.22. The average molecular weight is 330 g/mol. The molecule has 0 amide bonds. The van der Waals surface area contributed by atoms with Gasteiger partial charge in [0.15, 0.2) is 0 Å². The lowest BCUT2D eigenvalue weighted by molar-refractivity contribution is 0.479. The van der Waals surface area contributed by atoms with Crippen LogP contribution in [0.2, 0.25) is 0 Å². The molecule has 2 aromatic rings. The van der Waals surface area contributed by atoms with Crippen molar-refractivity contribution in [2.45, 2.75) is 30.7 Å². The van der Waals surface area contributed by atoms with Crippen LogP contribution in [-0.2, 0) is 10.0 Å². The van der Waals surface area contributed by atoms with E-state index in [1.54, 1.807) is 6.07 Å². The first-order valence-corrected chi connectivity index (χ1v) is 9.16. The van der Waals surface area contributed by atoms with E-state index in [0.717, 1.165) is 24.1 Å². The molecule has 1 aliphatic carbocycles. The highest BCUT2D eigenvalue weighted by Crippen LogP contribution is 2.39. The molecule has 23 heavy (non-hydrogen) atoms. The largest absolute Gasteiger partial charge is 0.457 e. The quantitative estimate of drug-likeness (QED) is 0.940. The summed E-state index contributed by atoms with van der Waals surface area (Å²) in [6.07, 6.45) is 2.23. The van der Waals surface area contributed by atoms with E-state index in [1.807, 2.05) is 43.3 Å². The van der Waals surface area contributed by atoms with Crippen molar-refractivity contribution in [3.63, 3.8) is 0 Å². The summed E-state index contributed by atoms with van der Waals surface area (Å²) in [4.78, 5) is 2.41. The zero-order chi connectivity index (χ0) is 16.0. The Kier molecular flexibility index (Phi) is 3.32. The molecule has 1 saturated carbocycles. The van der Waals surface area contributed by atoms with Crippen LogP contribution < -0.4 is 14.4 Å². The molecule has 1 aliphatic heterocycles. The van der Waals surface area contributed by atoms with E-state index in [1.165, 1.54) is 0 Å². The molecule has 2 aromatic carbocycles. The van der Waals surface area contributed by atoms with Gasteiger partial charge in [-0.25, -0.2) is 8.42 Å². The Hall–Kier alpha value is -2.05. The molecule has 0 atom stereocenters. The smallest absolute Gasteiger partial charge is 0.244 e. The van der Waals surface area contributed by atoms with Crippen LogP contribution in [0.25, 0.3) is 0 Å². The summed E-state index contributed by atoms with van der Waals surface area (Å²) in [5.41, 5.74) is 1.86. The number of ether oxygens (including phenoxy) is 1. The lowest BCUT2D eigenvalue weighted by Gasteiger charge is -2.31. The predicted octanol–water partition coefficient (Wildman–Crippen LogP) is 3.01. The number of rotatable bonds is 3. The number of sulfonamides is 1. The molecule has 6 heteroatoms. The molecule has 4 rings (SSSR count). The molecule has 0 spiro atoms. The van der Waals surface area contributed by atoms with Crippen molar-refractivity contribution < 1.29 is 13.2 Å². The van der Waals surface area contributed by atoms with Gasteiger partial charge in [0, 0.05) is 12.1 Å². The molecular formula is C17H18N2O3S. The Morgan fingerprint density at radius 2 is 1.91 bits per heavy atom. The van der Waals surface area contributed by atoms with Gasteiger partial charge in [0.1, 0.15) is 16.4 Å². The van der Waals surface area contributed by atoms with E-state index in [4.69, 9.17) is 4.74 Å². The zero-order valence-corrected chi connectivity index (χ0v) is 13.6. The fraction of sp³-hybridized carbons (Fsp3) is 0.294. The van der Waals surface area contributed by atoms with E-state index in [-0.39, 0.29) is 0 Å². The maximum atomic E-state index is 12.3. The van der Waals surface area contributed by atoms with Gasteiger partial charge in [-0.1, -0.05) is 12.1 Å². The minimum atomic E-state index is -3.48. The van der Waals surface area contributed by atoms with Crippen molar-refractivity contribution in [2.75, 3.05) is 11.6 Å². The second-order valence-corrected chi connectivity index (χ2v) is 7.79. The first kappa shape index (κ1) is 14.5. The van der Waals surface area contributed by atoms with Crippen LogP contribution in [0, 0.1) is 6.92 Å². The predicted molar refractivity (Wildman–Crippen MR) is 88.4 cm³/mol. The first-order valence-electron chi connectivity index (χ1n) is 7.68. The Bertz CT molecular complexity index is 860. The van der Waals surface area contributed by atoms with E-state index >= 15 is 0 Å². The van der Waals surface area contributed by atoms with Gasteiger partial charge in [0.25, 0.3) is 0 Å². The summed E-state index contributed by atoms with van der Waals surface area (Å²) < 4.78 is 33.1. The Labute approximate surface area is 135 Å². The van der Waals surface area contributed by atoms with E-state index in [9.17, 15) is 8.42 Å². The molecule has 120 valence electrons. The molecule has 0 saturated heterocycles. The minimum absolute atomic E-state index is 0.292. The van der Waals surface area contributed by atoms with Crippen molar-refractivity contribution in [1.82, 2.24) is 4.72 Å². The highest BCUT2D eigenvalue weighted by molar-refractivity contribution is 7.89. The first-order chi connectivity index (χ1) is 11.0. The number of nitrogens with one attached hydrogen (secondary N) is 1. The van der Waals surface area contributed by atoms with Crippen LogP contribution in [0.4, 0.5) is 5.69 Å². The fourth-order valence-corrected chi connectivity index (χ4v) is 4.05. The molecule has 0 unspecified atom stereocenters. The number of anilines is 1. The van der Waals surface area contributed by atoms with Crippen molar-refractivity contribution in [1.29, 1.82) is 0 Å². The van der Waals surface area contributed by atoms with Crippen LogP contribution in [0.1, 0.15) is 18.4 Å². The van der Waals surface area contributed by atoms with E-state index in [0.29, 0.717) is 29.1 Å². The van der Waals surface area contributed by atoms with Crippen LogP contribution in [0.15, 0.2) is 47.4 Å². The summed E-state index contributed by atoms with van der Waals surface area (Å²) in [6.45, 7) is 2.33. The van der Waals surface area contributed by atoms with Gasteiger partial charge in [-0.15, -0.1) is 0 Å². The standard InChI is InChI=1S/C17H18N2O3S/c1-12-3-2-4-14(9-12)22-15-7-8-16-17(10-15)23(20,21)18-11-19(16)13-5-6-13/h2-4,7-10,13,18H,5-6,11H2,1H3. The van der Waals surface area contributed by atoms with E-state index < -0.39 is 10.0 Å². The maximum Gasteiger partial charge on any atom is 0.244 e. The molecule has 5 nitrogen and oxygen atoms in total. The highest BCUT2D eigenvalue weighted by Gasteiger charge is 2.36. The highest BCUT2D eigenvalue weighted by atomic mass is 32.2. The molecule has 1 heterocycles. The second-order valence-electron chi connectivity index (χ2n) is 6.05. The molecule has 0 aromatic heterocycles. The zero-order valence-electron chi connectivity index (χ0n) is 12.8. The number of benzene rings is 2.